The molecule has 1 heterocycles. The lowest BCUT2D eigenvalue weighted by Crippen LogP contribution is -2.74. The Morgan fingerprint density at radius 1 is 1.10 bits per heavy atom. The van der Waals surface area contributed by atoms with Crippen LogP contribution in [0.4, 0.5) is 0 Å². The molecule has 2 aromatic carbocycles. The van der Waals surface area contributed by atoms with Gasteiger partial charge in [0.2, 0.25) is 0 Å². The van der Waals surface area contributed by atoms with Gasteiger partial charge in [0, 0.05) is 24.4 Å². The van der Waals surface area contributed by atoms with E-state index in [0.717, 1.165) is 24.9 Å². The van der Waals surface area contributed by atoms with Crippen molar-refractivity contribution in [3.63, 3.8) is 0 Å². The summed E-state index contributed by atoms with van der Waals surface area (Å²) in [6.45, 7) is 12.1. The fraction of sp³-hybridized carbons (Fsp3) is 0.464. The van der Waals surface area contributed by atoms with Gasteiger partial charge in [-0.1, -0.05) is 73.7 Å². The molecule has 3 heteroatoms. The Morgan fingerprint density at radius 2 is 1.74 bits per heavy atom. The van der Waals surface area contributed by atoms with Gasteiger partial charge >= 0.3 is 0 Å². The molecule has 2 aliphatic rings. The summed E-state index contributed by atoms with van der Waals surface area (Å²) in [5.41, 5.74) is 1.65. The fourth-order valence-electron chi connectivity index (χ4n) is 5.59. The number of hydrogen-bond acceptors (Lipinski definition) is 3. The summed E-state index contributed by atoms with van der Waals surface area (Å²) >= 11 is 0. The molecule has 164 valence electrons. The molecule has 1 aliphatic carbocycles. The number of ketones is 1. The molecular weight excluding hydrogens is 382 g/mol. The van der Waals surface area contributed by atoms with E-state index in [1.165, 1.54) is 5.56 Å². The molecule has 0 amide bonds. The predicted octanol–water partition coefficient (Wildman–Crippen LogP) is 5.75. The van der Waals surface area contributed by atoms with E-state index in [1.807, 2.05) is 30.3 Å². The Bertz CT molecular complexity index is 907. The molecule has 4 atom stereocenters. The van der Waals surface area contributed by atoms with Crippen LogP contribution in [0.25, 0.3) is 0 Å². The normalized spacial score (nSPS) is 29.4. The van der Waals surface area contributed by atoms with Crippen LogP contribution >= 0.6 is 0 Å². The molecule has 2 aromatic rings. The molecule has 2 fully saturated rings. The first-order valence-electron chi connectivity index (χ1n) is 11.5. The molecule has 31 heavy (non-hydrogen) atoms. The second kappa shape index (κ2) is 8.72. The SMILES string of the molecule is C=C[C@@H]1N(C(C)(C)[C@@H]2CC[C@@H](C)CC2=O)C[C@]1(OCc1ccccc1)c1ccccc1. The Hall–Kier alpha value is -2.23. The quantitative estimate of drug-likeness (QED) is 0.537. The van der Waals surface area contributed by atoms with Crippen molar-refractivity contribution in [1.29, 1.82) is 0 Å². The highest BCUT2D eigenvalue weighted by Crippen LogP contribution is 2.50. The van der Waals surface area contributed by atoms with Crippen molar-refractivity contribution >= 4 is 5.78 Å². The van der Waals surface area contributed by atoms with E-state index in [-0.39, 0.29) is 17.5 Å². The van der Waals surface area contributed by atoms with Crippen LogP contribution in [-0.4, -0.2) is 28.8 Å². The van der Waals surface area contributed by atoms with Crippen LogP contribution in [-0.2, 0) is 21.7 Å². The first kappa shape index (κ1) is 22.0. The zero-order valence-electron chi connectivity index (χ0n) is 19.1. The lowest BCUT2D eigenvalue weighted by molar-refractivity contribution is -0.222. The van der Waals surface area contributed by atoms with E-state index in [0.29, 0.717) is 24.7 Å². The number of Topliss-reactive ketones (excluding diaryl/α,β-unsaturated/α-hetero) is 1. The van der Waals surface area contributed by atoms with Crippen molar-refractivity contribution < 1.29 is 9.53 Å². The fourth-order valence-corrected chi connectivity index (χ4v) is 5.59. The summed E-state index contributed by atoms with van der Waals surface area (Å²) in [4.78, 5) is 15.4. The highest BCUT2D eigenvalue weighted by atomic mass is 16.5. The highest BCUT2D eigenvalue weighted by molar-refractivity contribution is 5.83. The van der Waals surface area contributed by atoms with Crippen molar-refractivity contribution in [2.75, 3.05) is 6.54 Å². The van der Waals surface area contributed by atoms with E-state index in [1.54, 1.807) is 0 Å². The van der Waals surface area contributed by atoms with E-state index < -0.39 is 5.60 Å². The molecule has 0 unspecified atom stereocenters. The van der Waals surface area contributed by atoms with Crippen molar-refractivity contribution in [3.05, 3.63) is 84.4 Å². The molecule has 1 saturated carbocycles. The number of hydrogen-bond donors (Lipinski definition) is 0. The smallest absolute Gasteiger partial charge is 0.138 e. The van der Waals surface area contributed by atoms with Crippen molar-refractivity contribution in [1.82, 2.24) is 4.90 Å². The Morgan fingerprint density at radius 3 is 2.35 bits per heavy atom. The Kier molecular flexibility index (Phi) is 6.18. The lowest BCUT2D eigenvalue weighted by atomic mass is 9.67. The molecule has 0 N–H and O–H groups in total. The average molecular weight is 418 g/mol. The van der Waals surface area contributed by atoms with Gasteiger partial charge in [0.1, 0.15) is 11.4 Å². The molecule has 1 aliphatic heterocycles. The zero-order chi connectivity index (χ0) is 22.1. The van der Waals surface area contributed by atoms with E-state index >= 15 is 0 Å². The predicted molar refractivity (Wildman–Crippen MR) is 126 cm³/mol. The summed E-state index contributed by atoms with van der Waals surface area (Å²) in [5, 5.41) is 0. The molecule has 0 spiro atoms. The number of carbonyl (C=O) groups excluding carboxylic acids is 1. The molecule has 3 nitrogen and oxygen atoms in total. The third kappa shape index (κ3) is 4.02. The standard InChI is InChI=1S/C28H35NO2/c1-5-26-28(23-14-10-7-11-15-23,31-19-22-12-8-6-9-13-22)20-29(26)27(3,4)24-17-16-21(2)18-25(24)30/h5-15,21,24,26H,1,16-20H2,2-4H3/t21-,24-,26+,28+/m1/s1. The minimum Gasteiger partial charge on any atom is -0.362 e. The minimum atomic E-state index is -0.457. The summed E-state index contributed by atoms with van der Waals surface area (Å²) in [6.07, 6.45) is 4.81. The number of carbonyl (C=O) groups is 1. The van der Waals surface area contributed by atoms with Gasteiger partial charge in [-0.05, 0) is 43.7 Å². The van der Waals surface area contributed by atoms with Crippen LogP contribution in [0.1, 0.15) is 51.2 Å². The van der Waals surface area contributed by atoms with Crippen molar-refractivity contribution in [2.24, 2.45) is 11.8 Å². The van der Waals surface area contributed by atoms with Crippen LogP contribution in [0.15, 0.2) is 73.3 Å². The number of rotatable bonds is 7. The molecule has 0 radical (unpaired) electrons. The van der Waals surface area contributed by atoms with Gasteiger partial charge in [0.05, 0.1) is 12.6 Å². The number of nitrogens with zero attached hydrogens (tertiary/aromatic N) is 1. The molecule has 1 saturated heterocycles. The van der Waals surface area contributed by atoms with E-state index in [4.69, 9.17) is 4.74 Å². The van der Waals surface area contributed by atoms with Crippen LogP contribution in [0.2, 0.25) is 0 Å². The summed E-state index contributed by atoms with van der Waals surface area (Å²) in [7, 11) is 0. The molecule has 4 rings (SSSR count). The van der Waals surface area contributed by atoms with Gasteiger partial charge in [-0.15, -0.1) is 6.58 Å². The van der Waals surface area contributed by atoms with Gasteiger partial charge < -0.3 is 4.74 Å². The monoisotopic (exact) mass is 417 g/mol. The van der Waals surface area contributed by atoms with Gasteiger partial charge in [0.15, 0.2) is 0 Å². The molecule has 0 bridgehead atoms. The molecular formula is C28H35NO2. The zero-order valence-corrected chi connectivity index (χ0v) is 19.1. The maximum absolute atomic E-state index is 12.9. The van der Waals surface area contributed by atoms with Gasteiger partial charge in [0.25, 0.3) is 0 Å². The Balaban J connectivity index is 1.61. The van der Waals surface area contributed by atoms with Gasteiger partial charge in [-0.2, -0.15) is 0 Å². The largest absolute Gasteiger partial charge is 0.362 e. The second-order valence-corrected chi connectivity index (χ2v) is 9.90. The van der Waals surface area contributed by atoms with Crippen molar-refractivity contribution in [3.8, 4) is 0 Å². The molecule has 0 aromatic heterocycles. The van der Waals surface area contributed by atoms with Crippen LogP contribution < -0.4 is 0 Å². The van der Waals surface area contributed by atoms with E-state index in [9.17, 15) is 4.79 Å². The first-order valence-corrected chi connectivity index (χ1v) is 11.5. The maximum Gasteiger partial charge on any atom is 0.138 e. The van der Waals surface area contributed by atoms with Crippen LogP contribution in [0.3, 0.4) is 0 Å². The van der Waals surface area contributed by atoms with E-state index in [2.05, 4.69) is 68.6 Å². The number of ether oxygens (including phenoxy) is 1. The lowest BCUT2D eigenvalue weighted by Gasteiger charge is -2.63. The van der Waals surface area contributed by atoms with Crippen LogP contribution in [0.5, 0.6) is 0 Å². The topological polar surface area (TPSA) is 29.5 Å². The summed E-state index contributed by atoms with van der Waals surface area (Å²) in [5.74, 6) is 0.979. The average Bonchev–Trinajstić information content (AvgIpc) is 2.74. The third-order valence-corrected chi connectivity index (χ3v) is 7.52. The van der Waals surface area contributed by atoms with Crippen molar-refractivity contribution in [2.45, 2.75) is 63.8 Å². The number of likely N-dealkylation sites (tertiary alicyclic amines) is 1. The number of benzene rings is 2. The Labute approximate surface area is 187 Å². The second-order valence-electron chi connectivity index (χ2n) is 9.90. The highest BCUT2D eigenvalue weighted by Gasteiger charge is 2.59. The first-order chi connectivity index (χ1) is 14.9. The summed E-state index contributed by atoms with van der Waals surface area (Å²) in [6, 6.07) is 20.8. The van der Waals surface area contributed by atoms with Gasteiger partial charge in [-0.3, -0.25) is 9.69 Å². The minimum absolute atomic E-state index is 0.0146. The third-order valence-electron chi connectivity index (χ3n) is 7.52. The van der Waals surface area contributed by atoms with Crippen LogP contribution in [0, 0.1) is 11.8 Å². The maximum atomic E-state index is 12.9. The summed E-state index contributed by atoms with van der Waals surface area (Å²) < 4.78 is 6.70. The van der Waals surface area contributed by atoms with Gasteiger partial charge in [-0.25, -0.2) is 0 Å².